The second-order valence-corrected chi connectivity index (χ2v) is 7.28. The third-order valence-corrected chi connectivity index (χ3v) is 5.16. The summed E-state index contributed by atoms with van der Waals surface area (Å²) >= 11 is 1.24. The molecular formula is C21H17FN4O4S. The second-order valence-electron chi connectivity index (χ2n) is 6.31. The summed E-state index contributed by atoms with van der Waals surface area (Å²) in [5.41, 5.74) is 1.49. The van der Waals surface area contributed by atoms with E-state index in [-0.39, 0.29) is 11.4 Å². The molecule has 0 aliphatic carbocycles. The zero-order valence-corrected chi connectivity index (χ0v) is 17.4. The minimum atomic E-state index is -0.357. The summed E-state index contributed by atoms with van der Waals surface area (Å²) in [7, 11) is 3.11. The minimum absolute atomic E-state index is 0.302. The lowest BCUT2D eigenvalue weighted by Crippen LogP contribution is -2.08. The standard InChI is InChI=1S/C21H17FN4O4S/c1-28-16-8-5-13(9-17(16)29-2)20-25-19(30-26-20)11-31-21-23-15(10-18(27)24-21)12-3-6-14(22)7-4-12/h3-10H,11H2,1-2H3,(H,23,24,27). The van der Waals surface area contributed by atoms with Crippen LogP contribution in [0, 0.1) is 5.82 Å². The molecule has 0 saturated carbocycles. The van der Waals surface area contributed by atoms with E-state index in [4.69, 9.17) is 14.0 Å². The first-order valence-corrected chi connectivity index (χ1v) is 10.1. The van der Waals surface area contributed by atoms with Crippen molar-refractivity contribution < 1.29 is 18.4 Å². The van der Waals surface area contributed by atoms with Crippen molar-refractivity contribution in [3.05, 3.63) is 70.6 Å². The number of aromatic nitrogens is 4. The van der Waals surface area contributed by atoms with E-state index in [9.17, 15) is 9.18 Å². The minimum Gasteiger partial charge on any atom is -0.493 e. The van der Waals surface area contributed by atoms with Crippen molar-refractivity contribution >= 4 is 11.8 Å². The monoisotopic (exact) mass is 440 g/mol. The van der Waals surface area contributed by atoms with Gasteiger partial charge >= 0.3 is 0 Å². The van der Waals surface area contributed by atoms with Gasteiger partial charge in [0.15, 0.2) is 16.7 Å². The molecule has 0 amide bonds. The van der Waals surface area contributed by atoms with Gasteiger partial charge in [0.05, 0.1) is 25.7 Å². The lowest BCUT2D eigenvalue weighted by molar-refractivity contribution is 0.355. The maximum atomic E-state index is 13.1. The summed E-state index contributed by atoms with van der Waals surface area (Å²) in [6.07, 6.45) is 0. The van der Waals surface area contributed by atoms with E-state index in [1.807, 2.05) is 0 Å². The molecule has 31 heavy (non-hydrogen) atoms. The highest BCUT2D eigenvalue weighted by molar-refractivity contribution is 7.98. The lowest BCUT2D eigenvalue weighted by atomic mass is 10.1. The van der Waals surface area contributed by atoms with Crippen LogP contribution in [-0.2, 0) is 5.75 Å². The van der Waals surface area contributed by atoms with Crippen molar-refractivity contribution in [2.24, 2.45) is 0 Å². The van der Waals surface area contributed by atoms with E-state index in [2.05, 4.69) is 20.1 Å². The Morgan fingerprint density at radius 2 is 1.74 bits per heavy atom. The Bertz CT molecular complexity index is 1260. The third-order valence-electron chi connectivity index (χ3n) is 4.30. The Labute approximate surface area is 180 Å². The highest BCUT2D eigenvalue weighted by atomic mass is 32.2. The van der Waals surface area contributed by atoms with Crippen LogP contribution < -0.4 is 15.0 Å². The van der Waals surface area contributed by atoms with Gasteiger partial charge in [-0.15, -0.1) is 0 Å². The first kappa shape index (κ1) is 20.6. The molecule has 10 heteroatoms. The molecule has 8 nitrogen and oxygen atoms in total. The second kappa shape index (κ2) is 9.00. The maximum Gasteiger partial charge on any atom is 0.252 e. The molecule has 0 bridgehead atoms. The number of ether oxygens (including phenoxy) is 2. The summed E-state index contributed by atoms with van der Waals surface area (Å²) in [6.45, 7) is 0. The van der Waals surface area contributed by atoms with E-state index in [0.29, 0.717) is 50.9 Å². The molecule has 0 aliphatic heterocycles. The van der Waals surface area contributed by atoms with Crippen LogP contribution in [0.25, 0.3) is 22.6 Å². The Morgan fingerprint density at radius 1 is 1.00 bits per heavy atom. The molecule has 0 spiro atoms. The fourth-order valence-corrected chi connectivity index (χ4v) is 3.52. The fourth-order valence-electron chi connectivity index (χ4n) is 2.81. The van der Waals surface area contributed by atoms with Crippen molar-refractivity contribution in [1.82, 2.24) is 20.1 Å². The maximum absolute atomic E-state index is 13.1. The fraction of sp³-hybridized carbons (Fsp3) is 0.143. The molecule has 4 rings (SSSR count). The summed E-state index contributed by atoms with van der Waals surface area (Å²) in [5.74, 6) is 1.87. The van der Waals surface area contributed by atoms with E-state index >= 15 is 0 Å². The van der Waals surface area contributed by atoms with E-state index < -0.39 is 0 Å². The first-order chi connectivity index (χ1) is 15.1. The lowest BCUT2D eigenvalue weighted by Gasteiger charge is -2.07. The number of hydrogen-bond donors (Lipinski definition) is 1. The van der Waals surface area contributed by atoms with Gasteiger partial charge in [0.2, 0.25) is 11.7 Å². The molecular weight excluding hydrogens is 423 g/mol. The van der Waals surface area contributed by atoms with Crippen molar-refractivity contribution in [3.8, 4) is 34.1 Å². The quantitative estimate of drug-likeness (QED) is 0.341. The van der Waals surface area contributed by atoms with Crippen LogP contribution >= 0.6 is 11.8 Å². The van der Waals surface area contributed by atoms with Gasteiger partial charge < -0.3 is 19.0 Å². The van der Waals surface area contributed by atoms with Crippen molar-refractivity contribution in [2.75, 3.05) is 14.2 Å². The first-order valence-electron chi connectivity index (χ1n) is 9.11. The number of halogens is 1. The van der Waals surface area contributed by atoms with Crippen LogP contribution in [0.2, 0.25) is 0 Å². The van der Waals surface area contributed by atoms with E-state index in [0.717, 1.165) is 0 Å². The summed E-state index contributed by atoms with van der Waals surface area (Å²) in [6, 6.07) is 12.4. The van der Waals surface area contributed by atoms with Gasteiger partial charge in [-0.3, -0.25) is 4.79 Å². The predicted molar refractivity (Wildman–Crippen MR) is 113 cm³/mol. The smallest absolute Gasteiger partial charge is 0.252 e. The number of benzene rings is 2. The van der Waals surface area contributed by atoms with Crippen LogP contribution in [0.5, 0.6) is 11.5 Å². The average molecular weight is 440 g/mol. The van der Waals surface area contributed by atoms with Crippen LogP contribution in [0.1, 0.15) is 5.89 Å². The molecule has 1 N–H and O–H groups in total. The molecule has 4 aromatic rings. The Balaban J connectivity index is 1.50. The van der Waals surface area contributed by atoms with Gasteiger partial charge in [0, 0.05) is 17.2 Å². The van der Waals surface area contributed by atoms with Gasteiger partial charge in [-0.2, -0.15) is 4.98 Å². The summed E-state index contributed by atoms with van der Waals surface area (Å²) in [5, 5.41) is 4.38. The molecule has 2 heterocycles. The number of rotatable bonds is 7. The third kappa shape index (κ3) is 4.75. The molecule has 2 aromatic carbocycles. The van der Waals surface area contributed by atoms with Crippen molar-refractivity contribution in [3.63, 3.8) is 0 Å². The molecule has 0 fully saturated rings. The zero-order chi connectivity index (χ0) is 21.8. The van der Waals surface area contributed by atoms with Crippen LogP contribution in [0.4, 0.5) is 4.39 Å². The van der Waals surface area contributed by atoms with Gasteiger partial charge in [-0.1, -0.05) is 16.9 Å². The molecule has 158 valence electrons. The summed E-state index contributed by atoms with van der Waals surface area (Å²) in [4.78, 5) is 23.5. The van der Waals surface area contributed by atoms with Gasteiger partial charge in [-0.05, 0) is 42.5 Å². The average Bonchev–Trinajstić information content (AvgIpc) is 3.26. The van der Waals surface area contributed by atoms with Crippen molar-refractivity contribution in [1.29, 1.82) is 0 Å². The SMILES string of the molecule is COc1ccc(-c2noc(CSc3nc(-c4ccc(F)cc4)cc(=O)[nH]3)n2)cc1OC. The summed E-state index contributed by atoms with van der Waals surface area (Å²) < 4.78 is 29.0. The highest BCUT2D eigenvalue weighted by Crippen LogP contribution is 2.31. The highest BCUT2D eigenvalue weighted by Gasteiger charge is 2.13. The van der Waals surface area contributed by atoms with Crippen LogP contribution in [-0.4, -0.2) is 34.3 Å². The number of H-pyrrole nitrogens is 1. The largest absolute Gasteiger partial charge is 0.493 e. The molecule has 2 aromatic heterocycles. The number of nitrogens with one attached hydrogen (secondary N) is 1. The predicted octanol–water partition coefficient (Wildman–Crippen LogP) is 3.94. The molecule has 0 aliphatic rings. The van der Waals surface area contributed by atoms with Gasteiger partial charge in [0.1, 0.15) is 5.82 Å². The Hall–Kier alpha value is -3.66. The molecule has 0 saturated heterocycles. The van der Waals surface area contributed by atoms with E-state index in [1.54, 1.807) is 44.6 Å². The molecule has 0 radical (unpaired) electrons. The normalized spacial score (nSPS) is 10.8. The van der Waals surface area contributed by atoms with E-state index in [1.165, 1.54) is 30.0 Å². The van der Waals surface area contributed by atoms with Crippen molar-refractivity contribution in [2.45, 2.75) is 10.9 Å². The van der Waals surface area contributed by atoms with Gasteiger partial charge in [-0.25, -0.2) is 9.37 Å². The number of hydrogen-bond acceptors (Lipinski definition) is 8. The van der Waals surface area contributed by atoms with Gasteiger partial charge in [0.25, 0.3) is 5.56 Å². The Morgan fingerprint density at radius 3 is 2.48 bits per heavy atom. The zero-order valence-electron chi connectivity index (χ0n) is 16.6. The molecule has 0 atom stereocenters. The topological polar surface area (TPSA) is 103 Å². The number of methoxy groups -OCH3 is 2. The van der Waals surface area contributed by atoms with Crippen LogP contribution in [0.15, 0.2) is 63.0 Å². The number of nitrogens with zero attached hydrogens (tertiary/aromatic N) is 3. The molecule has 0 unspecified atom stereocenters. The number of thioether (sulfide) groups is 1. The number of aromatic amines is 1. The van der Waals surface area contributed by atoms with Crippen LogP contribution in [0.3, 0.4) is 0 Å². The Kier molecular flexibility index (Phi) is 5.99.